The van der Waals surface area contributed by atoms with Gasteiger partial charge in [-0.3, -0.25) is 0 Å². The van der Waals surface area contributed by atoms with E-state index in [2.05, 4.69) is 31.0 Å². The molecule has 19 heavy (non-hydrogen) atoms. The molecule has 1 saturated heterocycles. The van der Waals surface area contributed by atoms with Gasteiger partial charge >= 0.3 is 0 Å². The molecule has 4 rings (SSSR count). The normalized spacial score (nSPS) is 41.8. The summed E-state index contributed by atoms with van der Waals surface area (Å²) in [5.74, 6) is 3.16. The molecule has 3 saturated carbocycles. The van der Waals surface area contributed by atoms with E-state index in [-0.39, 0.29) is 0 Å². The zero-order valence-electron chi connectivity index (χ0n) is 12.5. The topological polar surface area (TPSA) is 53.6 Å². The lowest BCUT2D eigenvalue weighted by molar-refractivity contribution is -0.108. The zero-order valence-corrected chi connectivity index (χ0v) is 12.5. The number of aliphatic imine (C=N–C) groups is 1. The molecule has 3 N–H and O–H groups in total. The summed E-state index contributed by atoms with van der Waals surface area (Å²) in [5.41, 5.74) is 6.75. The number of guanidine groups is 1. The Morgan fingerprint density at radius 2 is 1.95 bits per heavy atom. The van der Waals surface area contributed by atoms with Gasteiger partial charge in [-0.05, 0) is 36.0 Å². The standard InChI is InChI=1S/C15H28N4/c1-10-12-8-11(15(12,2)3)9-13(10)18-14(16)19-6-4-17-5-7-19/h10-13,17H,4-9H2,1-3H3,(H2,16,18)/t10-,11-,12+,13-/m0/s1. The largest absolute Gasteiger partial charge is 0.370 e. The summed E-state index contributed by atoms with van der Waals surface area (Å²) in [6.45, 7) is 11.3. The first kappa shape index (κ1) is 13.2. The van der Waals surface area contributed by atoms with E-state index in [1.165, 1.54) is 12.8 Å². The summed E-state index contributed by atoms with van der Waals surface area (Å²) in [6, 6.07) is 0.451. The Labute approximate surface area is 116 Å². The van der Waals surface area contributed by atoms with Gasteiger partial charge in [0.05, 0.1) is 6.04 Å². The number of fused-ring (bicyclic) bond motifs is 2. The first-order valence-electron chi connectivity index (χ1n) is 7.79. The highest BCUT2D eigenvalue weighted by molar-refractivity contribution is 5.78. The van der Waals surface area contributed by atoms with E-state index >= 15 is 0 Å². The number of hydrogen-bond acceptors (Lipinski definition) is 2. The van der Waals surface area contributed by atoms with Crippen molar-refractivity contribution in [3.8, 4) is 0 Å². The molecule has 0 amide bonds. The molecule has 3 aliphatic carbocycles. The Morgan fingerprint density at radius 1 is 1.26 bits per heavy atom. The fraction of sp³-hybridized carbons (Fsp3) is 0.933. The number of nitrogens with one attached hydrogen (secondary N) is 1. The van der Waals surface area contributed by atoms with Crippen molar-refractivity contribution >= 4 is 5.96 Å². The van der Waals surface area contributed by atoms with Crippen molar-refractivity contribution in [2.45, 2.75) is 39.7 Å². The van der Waals surface area contributed by atoms with Crippen LogP contribution in [0.1, 0.15) is 33.6 Å². The Hall–Kier alpha value is -0.770. The molecule has 0 aromatic carbocycles. The van der Waals surface area contributed by atoms with E-state index in [0.29, 0.717) is 17.4 Å². The lowest BCUT2D eigenvalue weighted by atomic mass is 9.45. The monoisotopic (exact) mass is 264 g/mol. The average Bonchev–Trinajstić information content (AvgIpc) is 2.41. The Balaban J connectivity index is 1.67. The molecule has 108 valence electrons. The van der Waals surface area contributed by atoms with E-state index in [1.807, 2.05) is 0 Å². The van der Waals surface area contributed by atoms with Crippen LogP contribution in [-0.4, -0.2) is 43.1 Å². The molecule has 0 radical (unpaired) electrons. The lowest BCUT2D eigenvalue weighted by Gasteiger charge is -2.61. The maximum atomic E-state index is 6.22. The third-order valence-corrected chi connectivity index (χ3v) is 6.05. The minimum atomic E-state index is 0.451. The molecule has 0 unspecified atom stereocenters. The highest BCUT2D eigenvalue weighted by atomic mass is 15.3. The van der Waals surface area contributed by atoms with Crippen molar-refractivity contribution in [3.63, 3.8) is 0 Å². The van der Waals surface area contributed by atoms with Crippen LogP contribution in [0.15, 0.2) is 4.99 Å². The van der Waals surface area contributed by atoms with Gasteiger partial charge in [0.25, 0.3) is 0 Å². The molecule has 1 aliphatic heterocycles. The van der Waals surface area contributed by atoms with Crippen LogP contribution in [-0.2, 0) is 0 Å². The molecule has 1 heterocycles. The second-order valence-electron chi connectivity index (χ2n) is 7.25. The van der Waals surface area contributed by atoms with Gasteiger partial charge in [-0.2, -0.15) is 0 Å². The van der Waals surface area contributed by atoms with Gasteiger partial charge in [0.15, 0.2) is 5.96 Å². The van der Waals surface area contributed by atoms with Crippen molar-refractivity contribution < 1.29 is 0 Å². The number of nitrogens with zero attached hydrogens (tertiary/aromatic N) is 2. The fourth-order valence-corrected chi connectivity index (χ4v) is 4.44. The van der Waals surface area contributed by atoms with Gasteiger partial charge in [0.1, 0.15) is 0 Å². The summed E-state index contributed by atoms with van der Waals surface area (Å²) < 4.78 is 0. The van der Waals surface area contributed by atoms with Crippen LogP contribution in [0.3, 0.4) is 0 Å². The molecule has 4 aliphatic rings. The molecule has 0 aromatic rings. The molecule has 4 nitrogen and oxygen atoms in total. The van der Waals surface area contributed by atoms with Gasteiger partial charge < -0.3 is 16.0 Å². The third-order valence-electron chi connectivity index (χ3n) is 6.05. The highest BCUT2D eigenvalue weighted by Gasteiger charge is 2.56. The van der Waals surface area contributed by atoms with Gasteiger partial charge in [-0.25, -0.2) is 4.99 Å². The quantitative estimate of drug-likeness (QED) is 0.554. The van der Waals surface area contributed by atoms with Crippen molar-refractivity contribution in [1.29, 1.82) is 0 Å². The molecule has 0 spiro atoms. The SMILES string of the molecule is C[C@@H]1[C@@H](N=C(N)N2CCNCC2)C[C@@H]2C[C@H]1C2(C)C. The third kappa shape index (κ3) is 2.14. The highest BCUT2D eigenvalue weighted by Crippen LogP contribution is 2.61. The van der Waals surface area contributed by atoms with Crippen LogP contribution in [0, 0.1) is 23.2 Å². The van der Waals surface area contributed by atoms with Crippen LogP contribution in [0.25, 0.3) is 0 Å². The predicted molar refractivity (Wildman–Crippen MR) is 79.0 cm³/mol. The summed E-state index contributed by atoms with van der Waals surface area (Å²) >= 11 is 0. The summed E-state index contributed by atoms with van der Waals surface area (Å²) in [6.07, 6.45) is 2.64. The fourth-order valence-electron chi connectivity index (χ4n) is 4.44. The molecule has 4 atom stereocenters. The molecular formula is C15H28N4. The van der Waals surface area contributed by atoms with E-state index in [4.69, 9.17) is 10.7 Å². The smallest absolute Gasteiger partial charge is 0.191 e. The number of nitrogens with two attached hydrogens (primary N) is 1. The van der Waals surface area contributed by atoms with Crippen LogP contribution < -0.4 is 11.1 Å². The first-order chi connectivity index (χ1) is 9.00. The number of rotatable bonds is 1. The maximum Gasteiger partial charge on any atom is 0.191 e. The minimum Gasteiger partial charge on any atom is -0.370 e. The second kappa shape index (κ2) is 4.65. The van der Waals surface area contributed by atoms with Crippen molar-refractivity contribution in [3.05, 3.63) is 0 Å². The van der Waals surface area contributed by atoms with E-state index in [1.54, 1.807) is 0 Å². The lowest BCUT2D eigenvalue weighted by Crippen LogP contribution is -2.57. The van der Waals surface area contributed by atoms with Crippen LogP contribution in [0.4, 0.5) is 0 Å². The summed E-state index contributed by atoms with van der Waals surface area (Å²) in [7, 11) is 0. The minimum absolute atomic E-state index is 0.451. The molecule has 2 bridgehead atoms. The first-order valence-corrected chi connectivity index (χ1v) is 7.79. The molecule has 0 aromatic heterocycles. The predicted octanol–water partition coefficient (Wildman–Crippen LogP) is 1.28. The molecule has 4 fully saturated rings. The molecule has 4 heteroatoms. The van der Waals surface area contributed by atoms with Gasteiger partial charge in [-0.1, -0.05) is 20.8 Å². The van der Waals surface area contributed by atoms with Crippen LogP contribution in [0.2, 0.25) is 0 Å². The maximum absolute atomic E-state index is 6.22. The zero-order chi connectivity index (χ0) is 13.6. The van der Waals surface area contributed by atoms with Gasteiger partial charge in [-0.15, -0.1) is 0 Å². The molecular weight excluding hydrogens is 236 g/mol. The van der Waals surface area contributed by atoms with Gasteiger partial charge in [0, 0.05) is 26.2 Å². The Morgan fingerprint density at radius 3 is 2.53 bits per heavy atom. The average molecular weight is 264 g/mol. The van der Waals surface area contributed by atoms with Gasteiger partial charge in [0.2, 0.25) is 0 Å². The van der Waals surface area contributed by atoms with Crippen molar-refractivity contribution in [2.24, 2.45) is 33.9 Å². The van der Waals surface area contributed by atoms with E-state index in [0.717, 1.165) is 44.0 Å². The van der Waals surface area contributed by atoms with E-state index < -0.39 is 0 Å². The number of hydrogen-bond donors (Lipinski definition) is 2. The summed E-state index contributed by atoms with van der Waals surface area (Å²) in [5, 5.41) is 3.35. The van der Waals surface area contributed by atoms with Crippen molar-refractivity contribution in [2.75, 3.05) is 26.2 Å². The Kier molecular flexibility index (Phi) is 3.24. The van der Waals surface area contributed by atoms with E-state index in [9.17, 15) is 0 Å². The van der Waals surface area contributed by atoms with Crippen LogP contribution in [0.5, 0.6) is 0 Å². The van der Waals surface area contributed by atoms with Crippen LogP contribution >= 0.6 is 0 Å². The number of piperazine rings is 1. The summed E-state index contributed by atoms with van der Waals surface area (Å²) in [4.78, 5) is 7.11. The Bertz CT molecular complexity index is 370. The second-order valence-corrected chi connectivity index (χ2v) is 7.25. The van der Waals surface area contributed by atoms with Crippen molar-refractivity contribution in [1.82, 2.24) is 10.2 Å².